The van der Waals surface area contributed by atoms with Crippen LogP contribution in [-0.4, -0.2) is 41.2 Å². The molecule has 2 bridgehead atoms. The molecule has 5 aliphatic rings. The van der Waals surface area contributed by atoms with Crippen LogP contribution in [-0.2, 0) is 25.5 Å². The van der Waals surface area contributed by atoms with Crippen molar-refractivity contribution in [2.45, 2.75) is 32.2 Å². The molecule has 7 atom stereocenters. The minimum absolute atomic E-state index is 0.0990. The maximum absolute atomic E-state index is 13.7. The zero-order valence-corrected chi connectivity index (χ0v) is 20.7. The van der Waals surface area contributed by atoms with Crippen LogP contribution in [0.3, 0.4) is 0 Å². The predicted molar refractivity (Wildman–Crippen MR) is 136 cm³/mol. The maximum Gasteiger partial charge on any atom is 0.338 e. The van der Waals surface area contributed by atoms with Crippen LogP contribution < -0.4 is 5.32 Å². The Kier molecular flexibility index (Phi) is 5.94. The van der Waals surface area contributed by atoms with Crippen molar-refractivity contribution in [3.05, 3.63) is 77.9 Å². The highest BCUT2D eigenvalue weighted by Gasteiger charge is 2.67. The molecule has 2 aromatic rings. The molecule has 2 aromatic carbocycles. The molecule has 0 aromatic heterocycles. The number of carbonyl (C=O) groups is 4. The van der Waals surface area contributed by atoms with Crippen molar-refractivity contribution in [2.24, 2.45) is 35.5 Å². The van der Waals surface area contributed by atoms with Gasteiger partial charge >= 0.3 is 5.97 Å². The van der Waals surface area contributed by atoms with Gasteiger partial charge in [0.15, 0.2) is 0 Å². The van der Waals surface area contributed by atoms with Crippen molar-refractivity contribution in [3.63, 3.8) is 0 Å². The number of nitrogens with zero attached hydrogens (tertiary/aromatic N) is 1. The van der Waals surface area contributed by atoms with E-state index >= 15 is 0 Å². The van der Waals surface area contributed by atoms with Gasteiger partial charge in [-0.15, -0.1) is 0 Å². The fourth-order valence-corrected chi connectivity index (χ4v) is 6.62. The van der Waals surface area contributed by atoms with Gasteiger partial charge in [-0.05, 0) is 66.3 Å². The van der Waals surface area contributed by atoms with E-state index in [0.717, 1.165) is 18.4 Å². The fourth-order valence-electron chi connectivity index (χ4n) is 6.62. The van der Waals surface area contributed by atoms with Gasteiger partial charge in [-0.25, -0.2) is 4.79 Å². The average molecular weight is 499 g/mol. The van der Waals surface area contributed by atoms with Gasteiger partial charge in [0.05, 0.1) is 24.0 Å². The Hall–Kier alpha value is -3.74. The summed E-state index contributed by atoms with van der Waals surface area (Å²) in [6, 6.07) is 14.9. The third-order valence-electron chi connectivity index (χ3n) is 8.41. The van der Waals surface area contributed by atoms with E-state index in [1.165, 1.54) is 4.90 Å². The van der Waals surface area contributed by atoms with Crippen LogP contribution in [0.2, 0.25) is 0 Å². The second kappa shape index (κ2) is 9.29. The molecule has 190 valence electrons. The zero-order chi connectivity index (χ0) is 25.7. The van der Waals surface area contributed by atoms with Crippen LogP contribution in [0, 0.1) is 35.5 Å². The normalized spacial score (nSPS) is 29.5. The van der Waals surface area contributed by atoms with E-state index in [2.05, 4.69) is 17.5 Å². The first-order valence-corrected chi connectivity index (χ1v) is 13.1. The molecule has 3 fully saturated rings. The molecule has 0 spiro atoms. The lowest BCUT2D eigenvalue weighted by molar-refractivity contribution is -0.146. The van der Waals surface area contributed by atoms with Crippen LogP contribution in [0.15, 0.2) is 66.7 Å². The molecule has 1 heterocycles. The van der Waals surface area contributed by atoms with E-state index in [0.29, 0.717) is 29.7 Å². The standard InChI is InChI=1S/C30H30N2O5/c1-2-14-37-30(36)18-8-10-19(11-9-18)31-27(33)24(15-17-6-4-3-5-7-17)32-28(34)25-20-12-13-21(23-16-22(20)23)26(25)29(32)35/h3-13,20-26H,2,14-16H2,1H3,(H,31,33)/t20-,21-,22-,23-,24+,25+,26+/m1/s1. The van der Waals surface area contributed by atoms with Crippen molar-refractivity contribution >= 4 is 29.4 Å². The van der Waals surface area contributed by atoms with Gasteiger partial charge in [0.1, 0.15) is 6.04 Å². The smallest absolute Gasteiger partial charge is 0.338 e. The molecule has 1 N–H and O–H groups in total. The summed E-state index contributed by atoms with van der Waals surface area (Å²) < 4.78 is 5.16. The van der Waals surface area contributed by atoms with E-state index in [-0.39, 0.29) is 41.9 Å². The van der Waals surface area contributed by atoms with Crippen molar-refractivity contribution < 1.29 is 23.9 Å². The largest absolute Gasteiger partial charge is 0.462 e. The van der Waals surface area contributed by atoms with Crippen molar-refractivity contribution in [3.8, 4) is 0 Å². The average Bonchev–Trinajstić information content (AvgIpc) is 3.70. The first-order chi connectivity index (χ1) is 18.0. The molecule has 4 aliphatic carbocycles. The number of nitrogens with one attached hydrogen (secondary N) is 1. The summed E-state index contributed by atoms with van der Waals surface area (Å²) in [5.74, 6) is -0.793. The summed E-state index contributed by atoms with van der Waals surface area (Å²) in [5.41, 5.74) is 1.74. The number of likely N-dealkylation sites (tertiary alicyclic amines) is 1. The second-order valence-corrected chi connectivity index (χ2v) is 10.6. The number of hydrogen-bond donors (Lipinski definition) is 1. The number of hydrogen-bond acceptors (Lipinski definition) is 5. The number of benzene rings is 2. The van der Waals surface area contributed by atoms with E-state index in [1.807, 2.05) is 37.3 Å². The van der Waals surface area contributed by atoms with Gasteiger partial charge in [-0.2, -0.15) is 0 Å². The van der Waals surface area contributed by atoms with Gasteiger partial charge in [0, 0.05) is 12.1 Å². The molecular formula is C30H30N2O5. The molecule has 37 heavy (non-hydrogen) atoms. The third kappa shape index (κ3) is 4.06. The van der Waals surface area contributed by atoms with Crippen LogP contribution in [0.1, 0.15) is 35.7 Å². The Morgan fingerprint density at radius 3 is 2.16 bits per heavy atom. The Morgan fingerprint density at radius 1 is 0.946 bits per heavy atom. The molecular weight excluding hydrogens is 468 g/mol. The first kappa shape index (κ1) is 23.6. The topological polar surface area (TPSA) is 92.8 Å². The van der Waals surface area contributed by atoms with Crippen LogP contribution in [0.5, 0.6) is 0 Å². The zero-order valence-electron chi connectivity index (χ0n) is 20.7. The van der Waals surface area contributed by atoms with Crippen LogP contribution >= 0.6 is 0 Å². The number of anilines is 1. The summed E-state index contributed by atoms with van der Waals surface area (Å²) in [5, 5.41) is 2.87. The summed E-state index contributed by atoms with van der Waals surface area (Å²) in [7, 11) is 0. The van der Waals surface area contributed by atoms with E-state index in [9.17, 15) is 19.2 Å². The monoisotopic (exact) mass is 498 g/mol. The molecule has 0 radical (unpaired) electrons. The van der Waals surface area contributed by atoms with Gasteiger partial charge in [0.25, 0.3) is 0 Å². The summed E-state index contributed by atoms with van der Waals surface area (Å²) in [6.07, 6.45) is 6.33. The second-order valence-electron chi connectivity index (χ2n) is 10.6. The highest BCUT2D eigenvalue weighted by Crippen LogP contribution is 2.65. The highest BCUT2D eigenvalue weighted by atomic mass is 16.5. The van der Waals surface area contributed by atoms with E-state index in [4.69, 9.17) is 4.74 Å². The minimum atomic E-state index is -0.960. The van der Waals surface area contributed by atoms with Crippen molar-refractivity contribution in [1.29, 1.82) is 0 Å². The Morgan fingerprint density at radius 2 is 1.57 bits per heavy atom. The number of carbonyl (C=O) groups excluding carboxylic acids is 4. The quantitative estimate of drug-likeness (QED) is 0.339. The van der Waals surface area contributed by atoms with Gasteiger partial charge in [-0.1, -0.05) is 49.4 Å². The third-order valence-corrected chi connectivity index (χ3v) is 8.41. The number of allylic oxidation sites excluding steroid dienone is 2. The van der Waals surface area contributed by atoms with Crippen molar-refractivity contribution in [2.75, 3.05) is 11.9 Å². The number of amides is 3. The maximum atomic E-state index is 13.7. The Balaban J connectivity index is 1.25. The van der Waals surface area contributed by atoms with Crippen LogP contribution in [0.4, 0.5) is 5.69 Å². The number of rotatable bonds is 8. The molecule has 7 nitrogen and oxygen atoms in total. The SMILES string of the molecule is CCCOC(=O)c1ccc(NC(=O)[C@H](Cc2ccccc2)N2C(=O)[C@H]3[C@@H]4C=C[C@H]([C@H]5C[C@H]45)[C@@H]3C2=O)cc1. The number of imide groups is 1. The summed E-state index contributed by atoms with van der Waals surface area (Å²) >= 11 is 0. The fraction of sp³-hybridized carbons (Fsp3) is 0.400. The molecule has 7 heteroatoms. The minimum Gasteiger partial charge on any atom is -0.462 e. The molecule has 2 saturated carbocycles. The molecule has 7 rings (SSSR count). The molecule has 1 saturated heterocycles. The summed E-state index contributed by atoms with van der Waals surface area (Å²) in [4.78, 5) is 54.5. The lowest BCUT2D eigenvalue weighted by atomic mass is 9.63. The molecule has 3 amide bonds. The molecule has 0 unspecified atom stereocenters. The van der Waals surface area contributed by atoms with Gasteiger partial charge < -0.3 is 10.1 Å². The lowest BCUT2D eigenvalue weighted by Crippen LogP contribution is -2.49. The van der Waals surface area contributed by atoms with Gasteiger partial charge in [0.2, 0.25) is 17.7 Å². The van der Waals surface area contributed by atoms with E-state index in [1.54, 1.807) is 24.3 Å². The Bertz CT molecular complexity index is 1230. The van der Waals surface area contributed by atoms with Crippen LogP contribution in [0.25, 0.3) is 0 Å². The first-order valence-electron chi connectivity index (χ1n) is 13.1. The summed E-state index contributed by atoms with van der Waals surface area (Å²) in [6.45, 7) is 2.27. The number of esters is 1. The van der Waals surface area contributed by atoms with Crippen molar-refractivity contribution in [1.82, 2.24) is 4.90 Å². The lowest BCUT2D eigenvalue weighted by Gasteiger charge is -2.37. The predicted octanol–water partition coefficient (Wildman–Crippen LogP) is 3.86. The Labute approximate surface area is 215 Å². The number of ether oxygens (including phenoxy) is 1. The highest BCUT2D eigenvalue weighted by molar-refractivity contribution is 6.10. The van der Waals surface area contributed by atoms with E-state index < -0.39 is 17.9 Å². The molecule has 1 aliphatic heterocycles. The van der Waals surface area contributed by atoms with Gasteiger partial charge in [-0.3, -0.25) is 19.3 Å².